The van der Waals surface area contributed by atoms with Crippen LogP contribution in [0.15, 0.2) is 12.4 Å². The number of amides is 1. The Labute approximate surface area is 131 Å². The zero-order chi connectivity index (χ0) is 15.5. The van der Waals surface area contributed by atoms with Crippen LogP contribution in [0, 0.1) is 0 Å². The maximum Gasteiger partial charge on any atom is 0.242 e. The Morgan fingerprint density at radius 3 is 2.82 bits per heavy atom. The number of carbonyl (C=O) groups excluding carboxylic acids is 1. The summed E-state index contributed by atoms with van der Waals surface area (Å²) in [5, 5.41) is 7.48. The first-order valence-corrected chi connectivity index (χ1v) is 7.97. The zero-order valence-electron chi connectivity index (χ0n) is 13.4. The van der Waals surface area contributed by atoms with Crippen molar-refractivity contribution in [2.45, 2.75) is 25.6 Å². The molecule has 3 heterocycles. The molecule has 2 atom stereocenters. The second kappa shape index (κ2) is 6.76. The van der Waals surface area contributed by atoms with E-state index in [1.165, 1.54) is 5.56 Å². The van der Waals surface area contributed by atoms with Crippen molar-refractivity contribution in [1.29, 1.82) is 0 Å². The van der Waals surface area contributed by atoms with E-state index >= 15 is 0 Å². The number of aryl methyl sites for hydroxylation is 1. The molecule has 2 aliphatic heterocycles. The Balaban J connectivity index is 1.49. The number of carbonyl (C=O) groups is 1. The Morgan fingerprint density at radius 2 is 2.18 bits per heavy atom. The van der Waals surface area contributed by atoms with E-state index in [4.69, 9.17) is 4.74 Å². The minimum absolute atomic E-state index is 0.0466. The molecule has 0 radical (unpaired) electrons. The molecule has 7 heteroatoms. The van der Waals surface area contributed by atoms with Gasteiger partial charge in [0.05, 0.1) is 18.9 Å². The number of piperazine rings is 1. The van der Waals surface area contributed by atoms with Crippen LogP contribution in [0.3, 0.4) is 0 Å². The van der Waals surface area contributed by atoms with Crippen molar-refractivity contribution in [3.8, 4) is 0 Å². The van der Waals surface area contributed by atoms with Crippen molar-refractivity contribution in [1.82, 2.24) is 24.9 Å². The van der Waals surface area contributed by atoms with Gasteiger partial charge in [-0.25, -0.2) is 0 Å². The summed E-state index contributed by atoms with van der Waals surface area (Å²) in [6.07, 6.45) is 3.90. The van der Waals surface area contributed by atoms with Crippen LogP contribution in [0.25, 0.3) is 0 Å². The van der Waals surface area contributed by atoms with Gasteiger partial charge >= 0.3 is 0 Å². The predicted molar refractivity (Wildman–Crippen MR) is 82.3 cm³/mol. The van der Waals surface area contributed by atoms with Crippen LogP contribution in [-0.4, -0.2) is 77.0 Å². The summed E-state index contributed by atoms with van der Waals surface area (Å²) < 4.78 is 7.40. The van der Waals surface area contributed by atoms with Gasteiger partial charge in [-0.3, -0.25) is 14.4 Å². The average molecular weight is 307 g/mol. The highest BCUT2D eigenvalue weighted by Gasteiger charge is 2.33. The largest absolute Gasteiger partial charge is 0.375 e. The van der Waals surface area contributed by atoms with Crippen LogP contribution in [-0.2, 0) is 23.1 Å². The van der Waals surface area contributed by atoms with E-state index in [9.17, 15) is 4.79 Å². The molecule has 22 heavy (non-hydrogen) atoms. The van der Waals surface area contributed by atoms with E-state index in [2.05, 4.69) is 15.3 Å². The Kier molecular flexibility index (Phi) is 4.75. The van der Waals surface area contributed by atoms with Crippen LogP contribution >= 0.6 is 0 Å². The molecule has 122 valence electrons. The number of rotatable bonds is 3. The molecular formula is C15H25N5O2. The molecule has 0 aromatic carbocycles. The average Bonchev–Trinajstić information content (AvgIpc) is 2.93. The Bertz CT molecular complexity index is 510. The third-order valence-corrected chi connectivity index (χ3v) is 4.43. The van der Waals surface area contributed by atoms with Gasteiger partial charge in [-0.2, -0.15) is 5.10 Å². The lowest BCUT2D eigenvalue weighted by Gasteiger charge is -2.38. The summed E-state index contributed by atoms with van der Waals surface area (Å²) in [5.74, 6) is 0.174. The first kappa shape index (κ1) is 15.5. The van der Waals surface area contributed by atoms with Gasteiger partial charge in [-0.1, -0.05) is 0 Å². The lowest BCUT2D eigenvalue weighted by atomic mass is 10.1. The van der Waals surface area contributed by atoms with E-state index in [1.807, 2.05) is 35.9 Å². The lowest BCUT2D eigenvalue weighted by Crippen LogP contribution is -2.59. The van der Waals surface area contributed by atoms with E-state index in [0.717, 1.165) is 39.3 Å². The fourth-order valence-electron chi connectivity index (χ4n) is 3.14. The maximum absolute atomic E-state index is 12.6. The molecular weight excluding hydrogens is 282 g/mol. The van der Waals surface area contributed by atoms with Crippen LogP contribution in [0.1, 0.15) is 12.5 Å². The minimum atomic E-state index is -0.196. The number of hydrogen-bond donors (Lipinski definition) is 1. The normalized spacial score (nSPS) is 27.1. The van der Waals surface area contributed by atoms with Crippen LogP contribution in [0.5, 0.6) is 0 Å². The third kappa shape index (κ3) is 3.48. The topological polar surface area (TPSA) is 62.6 Å². The van der Waals surface area contributed by atoms with E-state index < -0.39 is 0 Å². The quantitative estimate of drug-likeness (QED) is 0.811. The molecule has 2 aliphatic rings. The Hall–Kier alpha value is -1.44. The van der Waals surface area contributed by atoms with Gasteiger partial charge in [-0.05, 0) is 6.92 Å². The molecule has 1 aromatic rings. The predicted octanol–water partition coefficient (Wildman–Crippen LogP) is -0.559. The van der Waals surface area contributed by atoms with Gasteiger partial charge in [0, 0.05) is 58.1 Å². The van der Waals surface area contributed by atoms with Crippen molar-refractivity contribution >= 4 is 5.91 Å². The standard InChI is InChI=1S/C15H25N5O2/c1-12-14(16-3-8-22-12)15(21)20-6-4-19(5-7-20)11-13-9-17-18(2)10-13/h9-10,12,14,16H,3-8,11H2,1-2H3/t12-,14+/m1/s1. The summed E-state index contributed by atoms with van der Waals surface area (Å²) in [4.78, 5) is 16.9. The number of ether oxygens (including phenoxy) is 1. The van der Waals surface area contributed by atoms with E-state index in [1.54, 1.807) is 0 Å². The summed E-state index contributed by atoms with van der Waals surface area (Å²) in [6, 6.07) is -0.196. The molecule has 2 saturated heterocycles. The number of nitrogens with zero attached hydrogens (tertiary/aromatic N) is 4. The molecule has 1 amide bonds. The molecule has 7 nitrogen and oxygen atoms in total. The molecule has 0 saturated carbocycles. The molecule has 0 unspecified atom stereocenters. The Morgan fingerprint density at radius 1 is 1.41 bits per heavy atom. The van der Waals surface area contributed by atoms with Crippen molar-refractivity contribution in [3.63, 3.8) is 0 Å². The second-order valence-electron chi connectivity index (χ2n) is 6.13. The monoisotopic (exact) mass is 307 g/mol. The molecule has 0 bridgehead atoms. The van der Waals surface area contributed by atoms with Crippen molar-refractivity contribution in [3.05, 3.63) is 18.0 Å². The molecule has 0 spiro atoms. The van der Waals surface area contributed by atoms with Crippen LogP contribution in [0.2, 0.25) is 0 Å². The highest BCUT2D eigenvalue weighted by atomic mass is 16.5. The number of hydrogen-bond acceptors (Lipinski definition) is 5. The van der Waals surface area contributed by atoms with E-state index in [-0.39, 0.29) is 18.1 Å². The van der Waals surface area contributed by atoms with Gasteiger partial charge in [-0.15, -0.1) is 0 Å². The van der Waals surface area contributed by atoms with Gasteiger partial charge < -0.3 is 15.0 Å². The molecule has 2 fully saturated rings. The fraction of sp³-hybridized carbons (Fsp3) is 0.733. The lowest BCUT2D eigenvalue weighted by molar-refractivity contribution is -0.141. The number of aromatic nitrogens is 2. The fourth-order valence-corrected chi connectivity index (χ4v) is 3.14. The summed E-state index contributed by atoms with van der Waals surface area (Å²) in [5.41, 5.74) is 1.22. The summed E-state index contributed by atoms with van der Waals surface area (Å²) in [6.45, 7) is 7.68. The zero-order valence-corrected chi connectivity index (χ0v) is 13.4. The molecule has 1 aromatic heterocycles. The van der Waals surface area contributed by atoms with Gasteiger partial charge in [0.1, 0.15) is 6.04 Å². The van der Waals surface area contributed by atoms with Crippen molar-refractivity contribution < 1.29 is 9.53 Å². The van der Waals surface area contributed by atoms with Gasteiger partial charge in [0.25, 0.3) is 0 Å². The smallest absolute Gasteiger partial charge is 0.242 e. The highest BCUT2D eigenvalue weighted by Crippen LogP contribution is 2.12. The van der Waals surface area contributed by atoms with E-state index in [0.29, 0.717) is 6.61 Å². The molecule has 1 N–H and O–H groups in total. The van der Waals surface area contributed by atoms with Crippen LogP contribution < -0.4 is 5.32 Å². The minimum Gasteiger partial charge on any atom is -0.375 e. The van der Waals surface area contributed by atoms with Gasteiger partial charge in [0.15, 0.2) is 0 Å². The third-order valence-electron chi connectivity index (χ3n) is 4.43. The van der Waals surface area contributed by atoms with Crippen molar-refractivity contribution in [2.24, 2.45) is 7.05 Å². The highest BCUT2D eigenvalue weighted by molar-refractivity contribution is 5.82. The van der Waals surface area contributed by atoms with Gasteiger partial charge in [0.2, 0.25) is 5.91 Å². The second-order valence-corrected chi connectivity index (χ2v) is 6.13. The molecule has 3 rings (SSSR count). The first-order chi connectivity index (χ1) is 10.6. The van der Waals surface area contributed by atoms with Crippen molar-refractivity contribution in [2.75, 3.05) is 39.3 Å². The SMILES string of the molecule is C[C@H]1OCCN[C@@H]1C(=O)N1CCN(Cc2cnn(C)c2)CC1. The number of nitrogens with one attached hydrogen (secondary N) is 1. The summed E-state index contributed by atoms with van der Waals surface area (Å²) in [7, 11) is 1.93. The molecule has 0 aliphatic carbocycles. The van der Waals surface area contributed by atoms with Crippen LogP contribution in [0.4, 0.5) is 0 Å². The maximum atomic E-state index is 12.6. The summed E-state index contributed by atoms with van der Waals surface area (Å²) >= 11 is 0. The first-order valence-electron chi connectivity index (χ1n) is 7.97. The number of morpholine rings is 1.